The van der Waals surface area contributed by atoms with E-state index >= 15 is 0 Å². The normalized spacial score (nSPS) is 15.1. The lowest BCUT2D eigenvalue weighted by Crippen LogP contribution is -2.68. The number of hydrogen-bond donors (Lipinski definition) is 0. The first-order valence-corrected chi connectivity index (χ1v) is 14.3. The van der Waals surface area contributed by atoms with Gasteiger partial charge in [0.25, 0.3) is 0 Å². The minimum absolute atomic E-state index is 0.107. The molecule has 0 radical (unpaired) electrons. The summed E-state index contributed by atoms with van der Waals surface area (Å²) >= 11 is 6.08. The number of unbranched alkanes of at least 4 members (excludes halogenated alkanes) is 8. The van der Waals surface area contributed by atoms with E-state index < -0.39 is 10.2 Å². The summed E-state index contributed by atoms with van der Waals surface area (Å²) in [6.07, 6.45) is 15.0. The summed E-state index contributed by atoms with van der Waals surface area (Å²) < 4.78 is 45.3. The SMILES string of the molecule is CCCCCCCCCCCC(=O)OCC[N+]1(c2nc(Cl)nc(OC)n2)CCCCC1.[O-][Cl+3]([O-])([O-])[O-]. The van der Waals surface area contributed by atoms with Gasteiger partial charge in [0, 0.05) is 6.42 Å². The third kappa shape index (κ3) is 15.0. The quantitative estimate of drug-likeness (QED) is 0.171. The van der Waals surface area contributed by atoms with Crippen LogP contribution in [0.5, 0.6) is 6.01 Å². The van der Waals surface area contributed by atoms with Gasteiger partial charge in [-0.05, 0) is 37.3 Å². The lowest BCUT2D eigenvalue weighted by atomic mass is 10.1. The first-order chi connectivity index (χ1) is 17.1. The molecule has 208 valence electrons. The number of esters is 1. The van der Waals surface area contributed by atoms with Gasteiger partial charge in [0.05, 0.1) is 20.2 Å². The van der Waals surface area contributed by atoms with Crippen molar-refractivity contribution >= 4 is 23.5 Å². The number of ether oxygens (including phenoxy) is 2. The van der Waals surface area contributed by atoms with Crippen LogP contribution in [-0.4, -0.2) is 54.3 Å². The van der Waals surface area contributed by atoms with Crippen LogP contribution in [0.4, 0.5) is 5.95 Å². The Morgan fingerprint density at radius 1 is 0.917 bits per heavy atom. The molecule has 0 aromatic carbocycles. The van der Waals surface area contributed by atoms with Crippen molar-refractivity contribution < 1.29 is 43.1 Å². The van der Waals surface area contributed by atoms with Crippen LogP contribution in [0.3, 0.4) is 0 Å². The molecule has 1 aliphatic rings. The smallest absolute Gasteiger partial charge is 0.336 e. The molecule has 0 saturated carbocycles. The van der Waals surface area contributed by atoms with Gasteiger partial charge in [0.2, 0.25) is 5.28 Å². The molecule has 0 bridgehead atoms. The molecule has 0 unspecified atom stereocenters. The van der Waals surface area contributed by atoms with Crippen molar-refractivity contribution in [3.63, 3.8) is 0 Å². The van der Waals surface area contributed by atoms with E-state index in [0.29, 0.717) is 30.0 Å². The van der Waals surface area contributed by atoms with Gasteiger partial charge >= 0.3 is 17.9 Å². The monoisotopic (exact) mass is 554 g/mol. The van der Waals surface area contributed by atoms with Crippen LogP contribution >= 0.6 is 11.6 Å². The second-order valence-corrected chi connectivity index (χ2v) is 10.0. The number of carbonyl (C=O) groups excluding carboxylic acids is 1. The van der Waals surface area contributed by atoms with Gasteiger partial charge in [-0.2, -0.15) is 4.98 Å². The van der Waals surface area contributed by atoms with Crippen molar-refractivity contribution in [1.29, 1.82) is 0 Å². The van der Waals surface area contributed by atoms with Gasteiger partial charge in [-0.1, -0.05) is 58.3 Å². The summed E-state index contributed by atoms with van der Waals surface area (Å²) in [6, 6.07) is 0.223. The first-order valence-electron chi connectivity index (χ1n) is 12.7. The predicted molar refractivity (Wildman–Crippen MR) is 124 cm³/mol. The van der Waals surface area contributed by atoms with Crippen molar-refractivity contribution in [1.82, 2.24) is 19.4 Å². The molecule has 0 N–H and O–H groups in total. The Labute approximate surface area is 221 Å². The molecule has 13 heteroatoms. The Bertz CT molecular complexity index is 742. The molecule has 11 nitrogen and oxygen atoms in total. The Kier molecular flexibility index (Phi) is 16.3. The fourth-order valence-corrected chi connectivity index (χ4v) is 4.40. The van der Waals surface area contributed by atoms with E-state index in [0.717, 1.165) is 38.8 Å². The van der Waals surface area contributed by atoms with Gasteiger partial charge in [0.15, 0.2) is 0 Å². The zero-order valence-corrected chi connectivity index (χ0v) is 22.9. The topological polar surface area (TPSA) is 166 Å². The fraction of sp³-hybridized carbons (Fsp3) is 0.826. The maximum atomic E-state index is 12.2. The fourth-order valence-electron chi connectivity index (χ4n) is 4.25. The third-order valence-corrected chi connectivity index (χ3v) is 6.29. The summed E-state index contributed by atoms with van der Waals surface area (Å²) in [6.45, 7) is 5.06. The summed E-state index contributed by atoms with van der Waals surface area (Å²) in [5.41, 5.74) is 0. The number of nitrogens with zero attached hydrogens (tertiary/aromatic N) is 4. The van der Waals surface area contributed by atoms with E-state index in [-0.39, 0.29) is 17.3 Å². The minimum Gasteiger partial charge on any atom is -0.467 e. The first kappa shape index (κ1) is 32.7. The molecule has 0 aliphatic carbocycles. The number of methoxy groups -OCH3 is 1. The highest BCUT2D eigenvalue weighted by Crippen LogP contribution is 2.27. The molecule has 2 heterocycles. The average molecular weight is 556 g/mol. The van der Waals surface area contributed by atoms with Crippen molar-refractivity contribution in [2.24, 2.45) is 0 Å². The van der Waals surface area contributed by atoms with Gasteiger partial charge in [-0.25, -0.2) is 18.6 Å². The minimum atomic E-state index is -4.94. The number of carbonyl (C=O) groups is 1. The molecule has 36 heavy (non-hydrogen) atoms. The van der Waals surface area contributed by atoms with E-state index in [4.69, 9.17) is 39.7 Å². The zero-order chi connectivity index (χ0) is 26.9. The van der Waals surface area contributed by atoms with E-state index in [9.17, 15) is 4.79 Å². The Balaban J connectivity index is 0.00000118. The van der Waals surface area contributed by atoms with Gasteiger partial charge in [-0.3, -0.25) is 9.28 Å². The van der Waals surface area contributed by atoms with E-state index in [1.165, 1.54) is 58.5 Å². The second-order valence-electron chi connectivity index (χ2n) is 8.94. The molecule has 1 fully saturated rings. The number of halogens is 2. The largest absolute Gasteiger partial charge is 0.467 e. The zero-order valence-electron chi connectivity index (χ0n) is 21.4. The van der Waals surface area contributed by atoms with Crippen LogP contribution in [0.15, 0.2) is 0 Å². The number of likely N-dealkylation sites (tertiary alicyclic amines) is 1. The molecule has 0 spiro atoms. The standard InChI is InChI=1S/C23H40ClN4O3.ClHO4/c1-3-4-5-6-7-8-9-10-12-15-20(29)31-19-18-28(16-13-11-14-17-28)22-25-21(24)26-23(27-22)30-2;2-1(3,4)5/h3-19H2,1-2H3;(H,2,3,4,5)/q+1;/p-1. The number of rotatable bonds is 15. The Hall–Kier alpha value is -1.34. The number of quaternary nitrogens is 1. The Morgan fingerprint density at radius 2 is 1.47 bits per heavy atom. The van der Waals surface area contributed by atoms with Crippen molar-refractivity contribution in [3.05, 3.63) is 5.28 Å². The molecule has 1 aromatic rings. The molecule has 1 aromatic heterocycles. The molecule has 1 aliphatic heterocycles. The summed E-state index contributed by atoms with van der Waals surface area (Å²) in [4.78, 5) is 25.0. The molecule has 0 atom stereocenters. The predicted octanol–water partition coefficient (Wildman–Crippen LogP) is 0.733. The molecular weight excluding hydrogens is 515 g/mol. The van der Waals surface area contributed by atoms with Crippen LogP contribution in [-0.2, 0) is 9.53 Å². The summed E-state index contributed by atoms with van der Waals surface area (Å²) in [5.74, 6) is 0.496. The number of aromatic nitrogens is 3. The van der Waals surface area contributed by atoms with Crippen LogP contribution in [0.25, 0.3) is 0 Å². The molecule has 1 saturated heterocycles. The molecule has 2 rings (SSSR count). The Morgan fingerprint density at radius 3 is 2.03 bits per heavy atom. The van der Waals surface area contributed by atoms with E-state index in [1.54, 1.807) is 0 Å². The van der Waals surface area contributed by atoms with E-state index in [1.807, 2.05) is 0 Å². The number of piperidine rings is 1. The lowest BCUT2D eigenvalue weighted by Gasteiger charge is -2.38. The highest BCUT2D eigenvalue weighted by atomic mass is 35.7. The van der Waals surface area contributed by atoms with Gasteiger partial charge < -0.3 is 9.47 Å². The third-order valence-electron chi connectivity index (χ3n) is 6.12. The van der Waals surface area contributed by atoms with Crippen LogP contribution in [0, 0.1) is 10.2 Å². The summed E-state index contributed by atoms with van der Waals surface area (Å²) in [7, 11) is -3.43. The highest BCUT2D eigenvalue weighted by molar-refractivity contribution is 6.28. The van der Waals surface area contributed by atoms with Crippen LogP contribution < -0.4 is 27.9 Å². The van der Waals surface area contributed by atoms with Crippen LogP contribution in [0.1, 0.15) is 90.4 Å². The average Bonchev–Trinajstić information content (AvgIpc) is 2.82. The second kappa shape index (κ2) is 18.0. The van der Waals surface area contributed by atoms with Crippen molar-refractivity contribution in [2.45, 2.75) is 90.4 Å². The summed E-state index contributed by atoms with van der Waals surface area (Å²) in [5, 5.41) is 0.132. The van der Waals surface area contributed by atoms with Gasteiger partial charge in [-0.15, -0.1) is 20.2 Å². The van der Waals surface area contributed by atoms with Crippen molar-refractivity contribution in [3.8, 4) is 6.01 Å². The van der Waals surface area contributed by atoms with E-state index in [2.05, 4.69) is 21.9 Å². The van der Waals surface area contributed by atoms with Crippen LogP contribution in [0.2, 0.25) is 5.28 Å². The van der Waals surface area contributed by atoms with Crippen molar-refractivity contribution in [2.75, 3.05) is 33.4 Å². The van der Waals surface area contributed by atoms with Gasteiger partial charge in [0.1, 0.15) is 13.2 Å². The lowest BCUT2D eigenvalue weighted by molar-refractivity contribution is -2.00. The highest BCUT2D eigenvalue weighted by Gasteiger charge is 2.36. The molecular formula is C23H40Cl2N4O7. The molecule has 0 amide bonds. The maximum absolute atomic E-state index is 12.2. The number of hydrogen-bond acceptors (Lipinski definition) is 10. The maximum Gasteiger partial charge on any atom is 0.336 e.